The number of carbonyl (C=O) groups excluding carboxylic acids is 1. The van der Waals surface area contributed by atoms with Gasteiger partial charge in [-0.2, -0.15) is 0 Å². The SMILES string of the molecule is Cc1nc(COc2ccc(C(=O)Nc3ccc(N(C)C)cc3C)cc2)cs1. The fraction of sp³-hybridized carbons (Fsp3) is 0.238. The molecule has 140 valence electrons. The summed E-state index contributed by atoms with van der Waals surface area (Å²) in [4.78, 5) is 18.9. The summed E-state index contributed by atoms with van der Waals surface area (Å²) >= 11 is 1.60. The fourth-order valence-electron chi connectivity index (χ4n) is 2.60. The largest absolute Gasteiger partial charge is 0.487 e. The Morgan fingerprint density at radius 3 is 2.48 bits per heavy atom. The number of nitrogens with one attached hydrogen (secondary N) is 1. The molecule has 0 saturated carbocycles. The van der Waals surface area contributed by atoms with Crippen molar-refractivity contribution >= 4 is 28.6 Å². The van der Waals surface area contributed by atoms with E-state index in [1.54, 1.807) is 35.6 Å². The van der Waals surface area contributed by atoms with Crippen LogP contribution in [0.1, 0.15) is 26.6 Å². The van der Waals surface area contributed by atoms with E-state index >= 15 is 0 Å². The number of benzene rings is 2. The lowest BCUT2D eigenvalue weighted by Crippen LogP contribution is -2.14. The molecule has 0 saturated heterocycles. The molecule has 3 rings (SSSR count). The molecule has 1 aromatic heterocycles. The summed E-state index contributed by atoms with van der Waals surface area (Å²) in [6.45, 7) is 4.38. The molecule has 0 aliphatic carbocycles. The van der Waals surface area contributed by atoms with Gasteiger partial charge < -0.3 is 15.0 Å². The van der Waals surface area contributed by atoms with Crippen molar-refractivity contribution in [3.8, 4) is 5.75 Å². The maximum atomic E-state index is 12.5. The predicted molar refractivity (Wildman–Crippen MR) is 111 cm³/mol. The molecule has 1 heterocycles. The molecule has 1 amide bonds. The molecular weight excluding hydrogens is 358 g/mol. The molecule has 0 atom stereocenters. The van der Waals surface area contributed by atoms with E-state index in [0.29, 0.717) is 17.9 Å². The van der Waals surface area contributed by atoms with Gasteiger partial charge in [-0.25, -0.2) is 4.98 Å². The average Bonchev–Trinajstić information content (AvgIpc) is 3.07. The number of amides is 1. The predicted octanol–water partition coefficient (Wildman–Crippen LogP) is 4.66. The van der Waals surface area contributed by atoms with Crippen LogP contribution in [0.4, 0.5) is 11.4 Å². The number of carbonyl (C=O) groups is 1. The molecular formula is C21H23N3O2S. The zero-order chi connectivity index (χ0) is 19.4. The second-order valence-corrected chi connectivity index (χ2v) is 7.58. The van der Waals surface area contributed by atoms with Gasteiger partial charge in [0.1, 0.15) is 12.4 Å². The summed E-state index contributed by atoms with van der Waals surface area (Å²) in [6, 6.07) is 13.1. The van der Waals surface area contributed by atoms with Gasteiger partial charge in [0.15, 0.2) is 0 Å². The van der Waals surface area contributed by atoms with Crippen LogP contribution in [-0.4, -0.2) is 25.0 Å². The lowest BCUT2D eigenvalue weighted by atomic mass is 10.1. The Kier molecular flexibility index (Phi) is 5.76. The first-order valence-electron chi connectivity index (χ1n) is 8.65. The van der Waals surface area contributed by atoms with Crippen LogP contribution in [0.3, 0.4) is 0 Å². The fourth-order valence-corrected chi connectivity index (χ4v) is 3.19. The topological polar surface area (TPSA) is 54.5 Å². The number of hydrogen-bond acceptors (Lipinski definition) is 5. The van der Waals surface area contributed by atoms with Gasteiger partial charge in [-0.05, 0) is 61.9 Å². The van der Waals surface area contributed by atoms with E-state index in [2.05, 4.69) is 10.3 Å². The highest BCUT2D eigenvalue weighted by atomic mass is 32.1. The van der Waals surface area contributed by atoms with E-state index in [-0.39, 0.29) is 5.91 Å². The maximum Gasteiger partial charge on any atom is 0.255 e. The lowest BCUT2D eigenvalue weighted by molar-refractivity contribution is 0.102. The van der Waals surface area contributed by atoms with E-state index in [9.17, 15) is 4.79 Å². The van der Waals surface area contributed by atoms with E-state index in [1.165, 1.54) is 0 Å². The lowest BCUT2D eigenvalue weighted by Gasteiger charge is -2.15. The minimum atomic E-state index is -0.141. The number of nitrogens with zero attached hydrogens (tertiary/aromatic N) is 2. The van der Waals surface area contributed by atoms with Crippen molar-refractivity contribution in [2.75, 3.05) is 24.3 Å². The van der Waals surface area contributed by atoms with E-state index in [0.717, 1.165) is 27.6 Å². The zero-order valence-corrected chi connectivity index (χ0v) is 16.8. The van der Waals surface area contributed by atoms with Crippen LogP contribution < -0.4 is 15.0 Å². The van der Waals surface area contributed by atoms with Crippen molar-refractivity contribution in [1.29, 1.82) is 0 Å². The minimum Gasteiger partial charge on any atom is -0.487 e. The third kappa shape index (κ3) is 4.86. The summed E-state index contributed by atoms with van der Waals surface area (Å²) in [7, 11) is 3.98. The van der Waals surface area contributed by atoms with Gasteiger partial charge in [0, 0.05) is 36.4 Å². The van der Waals surface area contributed by atoms with E-state index in [4.69, 9.17) is 4.74 Å². The number of aryl methyl sites for hydroxylation is 2. The number of ether oxygens (including phenoxy) is 1. The van der Waals surface area contributed by atoms with Crippen LogP contribution >= 0.6 is 11.3 Å². The third-order valence-electron chi connectivity index (χ3n) is 4.14. The molecule has 1 N–H and O–H groups in total. The van der Waals surface area contributed by atoms with Crippen molar-refractivity contribution in [3.05, 3.63) is 69.7 Å². The Morgan fingerprint density at radius 1 is 1.15 bits per heavy atom. The summed E-state index contributed by atoms with van der Waals surface area (Å²) in [5.41, 5.74) is 4.43. The number of anilines is 2. The van der Waals surface area contributed by atoms with Crippen LogP contribution in [-0.2, 0) is 6.61 Å². The van der Waals surface area contributed by atoms with Crippen molar-refractivity contribution in [2.24, 2.45) is 0 Å². The van der Waals surface area contributed by atoms with Gasteiger partial charge in [-0.15, -0.1) is 11.3 Å². The molecule has 6 heteroatoms. The maximum absolute atomic E-state index is 12.5. The third-order valence-corrected chi connectivity index (χ3v) is 4.97. The zero-order valence-electron chi connectivity index (χ0n) is 15.9. The van der Waals surface area contributed by atoms with Crippen molar-refractivity contribution < 1.29 is 9.53 Å². The van der Waals surface area contributed by atoms with Crippen LogP contribution in [0.5, 0.6) is 5.75 Å². The summed E-state index contributed by atoms with van der Waals surface area (Å²) in [5, 5.41) is 5.98. The van der Waals surface area contributed by atoms with Crippen molar-refractivity contribution in [3.63, 3.8) is 0 Å². The smallest absolute Gasteiger partial charge is 0.255 e. The Bertz CT molecular complexity index is 933. The molecule has 0 aliphatic heterocycles. The highest BCUT2D eigenvalue weighted by molar-refractivity contribution is 7.09. The summed E-state index contributed by atoms with van der Waals surface area (Å²) < 4.78 is 5.72. The van der Waals surface area contributed by atoms with Crippen molar-refractivity contribution in [1.82, 2.24) is 4.98 Å². The quantitative estimate of drug-likeness (QED) is 0.675. The molecule has 2 aromatic carbocycles. The number of rotatable bonds is 6. The van der Waals surface area contributed by atoms with Crippen molar-refractivity contribution in [2.45, 2.75) is 20.5 Å². The average molecular weight is 382 g/mol. The summed E-state index contributed by atoms with van der Waals surface area (Å²) in [5.74, 6) is 0.570. The molecule has 3 aromatic rings. The summed E-state index contributed by atoms with van der Waals surface area (Å²) in [6.07, 6.45) is 0. The minimum absolute atomic E-state index is 0.141. The molecule has 0 fully saturated rings. The molecule has 0 aliphatic rings. The highest BCUT2D eigenvalue weighted by Gasteiger charge is 2.09. The second kappa shape index (κ2) is 8.22. The Hall–Kier alpha value is -2.86. The molecule has 0 bridgehead atoms. The molecule has 0 radical (unpaired) electrons. The van der Waals surface area contributed by atoms with Gasteiger partial charge >= 0.3 is 0 Å². The number of hydrogen-bond donors (Lipinski definition) is 1. The molecule has 0 unspecified atom stereocenters. The van der Waals surface area contributed by atoms with Gasteiger partial charge in [0.25, 0.3) is 5.91 Å². The van der Waals surface area contributed by atoms with Crippen LogP contribution in [0, 0.1) is 13.8 Å². The number of thiazole rings is 1. The number of aromatic nitrogens is 1. The first-order valence-corrected chi connectivity index (χ1v) is 9.53. The second-order valence-electron chi connectivity index (χ2n) is 6.52. The van der Waals surface area contributed by atoms with E-state index in [1.807, 2.05) is 56.4 Å². The Balaban J connectivity index is 1.62. The van der Waals surface area contributed by atoms with Crippen LogP contribution in [0.2, 0.25) is 0 Å². The van der Waals surface area contributed by atoms with Gasteiger partial charge in [0.2, 0.25) is 0 Å². The van der Waals surface area contributed by atoms with Crippen LogP contribution in [0.15, 0.2) is 47.8 Å². The Labute approximate surface area is 163 Å². The van der Waals surface area contributed by atoms with E-state index < -0.39 is 0 Å². The standard InChI is InChI=1S/C21H23N3O2S/c1-14-11-18(24(3)4)7-10-20(14)23-21(25)16-5-8-19(9-6-16)26-12-17-13-27-15(2)22-17/h5-11,13H,12H2,1-4H3,(H,23,25). The highest BCUT2D eigenvalue weighted by Crippen LogP contribution is 2.22. The molecule has 0 spiro atoms. The molecule has 5 nitrogen and oxygen atoms in total. The molecule has 27 heavy (non-hydrogen) atoms. The van der Waals surface area contributed by atoms with Gasteiger partial charge in [0.05, 0.1) is 10.7 Å². The first-order chi connectivity index (χ1) is 12.9. The van der Waals surface area contributed by atoms with Gasteiger partial charge in [-0.1, -0.05) is 0 Å². The Morgan fingerprint density at radius 2 is 1.89 bits per heavy atom. The normalized spacial score (nSPS) is 10.5. The van der Waals surface area contributed by atoms with Gasteiger partial charge in [-0.3, -0.25) is 4.79 Å². The first kappa shape index (κ1) is 18.9. The van der Waals surface area contributed by atoms with Crippen LogP contribution in [0.25, 0.3) is 0 Å². The monoisotopic (exact) mass is 381 g/mol.